The molecule has 2 aliphatic rings. The van der Waals surface area contributed by atoms with Gasteiger partial charge in [0, 0.05) is 6.04 Å². The molecule has 3 nitrogen and oxygen atoms in total. The molecule has 1 heterocycles. The lowest BCUT2D eigenvalue weighted by molar-refractivity contribution is -0.146. The normalized spacial score (nSPS) is 38.6. The predicted molar refractivity (Wildman–Crippen MR) is 44.7 cm³/mol. The molecule has 0 aromatic carbocycles. The highest BCUT2D eigenvalue weighted by Gasteiger charge is 2.43. The van der Waals surface area contributed by atoms with E-state index in [1.807, 2.05) is 6.92 Å². The summed E-state index contributed by atoms with van der Waals surface area (Å²) in [7, 11) is 0. The summed E-state index contributed by atoms with van der Waals surface area (Å²) in [5.74, 6) is 0.499. The van der Waals surface area contributed by atoms with Gasteiger partial charge in [-0.05, 0) is 32.1 Å². The summed E-state index contributed by atoms with van der Waals surface area (Å²) in [5, 5.41) is 3.30. The van der Waals surface area contributed by atoms with Gasteiger partial charge in [-0.15, -0.1) is 0 Å². The molecule has 0 aromatic rings. The van der Waals surface area contributed by atoms with Crippen molar-refractivity contribution < 1.29 is 9.53 Å². The minimum atomic E-state index is -0.0512. The summed E-state index contributed by atoms with van der Waals surface area (Å²) >= 11 is 0. The zero-order valence-corrected chi connectivity index (χ0v) is 7.38. The number of fused-ring (bicyclic) bond motifs is 2. The van der Waals surface area contributed by atoms with Gasteiger partial charge in [0.25, 0.3) is 0 Å². The molecule has 2 rings (SSSR count). The maximum Gasteiger partial charge on any atom is 0.323 e. The van der Waals surface area contributed by atoms with Crippen molar-refractivity contribution in [3.63, 3.8) is 0 Å². The van der Waals surface area contributed by atoms with E-state index in [1.54, 1.807) is 0 Å². The fraction of sp³-hybridized carbons (Fsp3) is 0.889. The number of nitrogens with one attached hydrogen (secondary N) is 1. The lowest BCUT2D eigenvalue weighted by atomic mass is 10.0. The van der Waals surface area contributed by atoms with Crippen molar-refractivity contribution in [2.24, 2.45) is 5.92 Å². The van der Waals surface area contributed by atoms with Gasteiger partial charge < -0.3 is 10.1 Å². The zero-order chi connectivity index (χ0) is 8.55. The molecule has 2 fully saturated rings. The van der Waals surface area contributed by atoms with Crippen molar-refractivity contribution in [3.05, 3.63) is 0 Å². The van der Waals surface area contributed by atoms with Crippen LogP contribution in [0.5, 0.6) is 0 Å². The zero-order valence-electron chi connectivity index (χ0n) is 7.38. The molecular formula is C9H15NO2. The minimum Gasteiger partial charge on any atom is -0.465 e. The van der Waals surface area contributed by atoms with Gasteiger partial charge in [-0.1, -0.05) is 0 Å². The molecule has 1 aliphatic carbocycles. The van der Waals surface area contributed by atoms with Gasteiger partial charge in [0.2, 0.25) is 0 Å². The first kappa shape index (κ1) is 8.05. The van der Waals surface area contributed by atoms with Crippen molar-refractivity contribution in [1.82, 2.24) is 5.32 Å². The van der Waals surface area contributed by atoms with Crippen LogP contribution in [0.1, 0.15) is 26.2 Å². The van der Waals surface area contributed by atoms with E-state index >= 15 is 0 Å². The van der Waals surface area contributed by atoms with Crippen LogP contribution in [0.3, 0.4) is 0 Å². The minimum absolute atomic E-state index is 0.00343. The second-order valence-corrected chi connectivity index (χ2v) is 3.67. The molecule has 0 spiro atoms. The molecule has 68 valence electrons. The van der Waals surface area contributed by atoms with E-state index in [0.29, 0.717) is 18.6 Å². The first-order valence-corrected chi connectivity index (χ1v) is 4.74. The number of esters is 1. The molecular weight excluding hydrogens is 154 g/mol. The molecule has 0 amide bonds. The largest absolute Gasteiger partial charge is 0.465 e. The van der Waals surface area contributed by atoms with Crippen LogP contribution in [-0.4, -0.2) is 24.7 Å². The van der Waals surface area contributed by atoms with Crippen molar-refractivity contribution in [3.8, 4) is 0 Å². The molecule has 0 radical (unpaired) electrons. The molecule has 2 bridgehead atoms. The maximum atomic E-state index is 11.4. The molecule has 1 saturated carbocycles. The summed E-state index contributed by atoms with van der Waals surface area (Å²) < 4.78 is 4.98. The summed E-state index contributed by atoms with van der Waals surface area (Å²) in [4.78, 5) is 11.4. The van der Waals surface area contributed by atoms with Gasteiger partial charge in [0.1, 0.15) is 6.04 Å². The van der Waals surface area contributed by atoms with Crippen LogP contribution in [0, 0.1) is 5.92 Å². The first-order chi connectivity index (χ1) is 5.81. The first-order valence-electron chi connectivity index (χ1n) is 4.74. The molecule has 3 atom stereocenters. The van der Waals surface area contributed by atoms with Gasteiger partial charge in [-0.25, -0.2) is 0 Å². The fourth-order valence-electron chi connectivity index (χ4n) is 2.35. The molecule has 1 aliphatic heterocycles. The standard InChI is InChI=1S/C9H15NO2/c1-2-12-9(11)8-6-3-4-7(5-6)10-8/h6-8,10H,2-5H2,1H3/t6-,7+,8-/m0/s1. The van der Waals surface area contributed by atoms with Gasteiger partial charge in [0.05, 0.1) is 6.61 Å². The highest BCUT2D eigenvalue weighted by Crippen LogP contribution is 2.35. The summed E-state index contributed by atoms with van der Waals surface area (Å²) in [5.41, 5.74) is 0. The average Bonchev–Trinajstić information content (AvgIpc) is 2.64. The number of carbonyl (C=O) groups excluding carboxylic acids is 1. The Balaban J connectivity index is 1.93. The Bertz CT molecular complexity index is 193. The van der Waals surface area contributed by atoms with Crippen LogP contribution >= 0.6 is 0 Å². The summed E-state index contributed by atoms with van der Waals surface area (Å²) in [6.07, 6.45) is 3.60. The van der Waals surface area contributed by atoms with Crippen molar-refractivity contribution in [2.75, 3.05) is 6.61 Å². The van der Waals surface area contributed by atoms with E-state index in [0.717, 1.165) is 0 Å². The van der Waals surface area contributed by atoms with Crippen molar-refractivity contribution in [1.29, 1.82) is 0 Å². The summed E-state index contributed by atoms with van der Waals surface area (Å²) in [6.45, 7) is 2.35. The lowest BCUT2D eigenvalue weighted by Crippen LogP contribution is -2.42. The Hall–Kier alpha value is -0.570. The van der Waals surface area contributed by atoms with E-state index in [4.69, 9.17) is 4.74 Å². The second kappa shape index (κ2) is 3.05. The topological polar surface area (TPSA) is 38.3 Å². The Morgan fingerprint density at radius 3 is 2.92 bits per heavy atom. The Labute approximate surface area is 72.5 Å². The Morgan fingerprint density at radius 2 is 2.42 bits per heavy atom. The average molecular weight is 169 g/mol. The van der Waals surface area contributed by atoms with Crippen LogP contribution in [0.4, 0.5) is 0 Å². The molecule has 12 heavy (non-hydrogen) atoms. The van der Waals surface area contributed by atoms with Crippen LogP contribution in [-0.2, 0) is 9.53 Å². The predicted octanol–water partition coefficient (Wildman–Crippen LogP) is 0.690. The SMILES string of the molecule is CCOC(=O)[C@H]1N[C@@H]2CC[C@H]1C2. The Kier molecular flexibility index (Phi) is 2.05. The molecule has 3 heteroatoms. The van der Waals surface area contributed by atoms with Crippen LogP contribution in [0.25, 0.3) is 0 Å². The number of hydrogen-bond acceptors (Lipinski definition) is 3. The molecule has 1 N–H and O–H groups in total. The third-order valence-corrected chi connectivity index (χ3v) is 2.90. The number of piperidine rings is 1. The molecule has 1 saturated heterocycles. The quantitative estimate of drug-likeness (QED) is 0.618. The van der Waals surface area contributed by atoms with Gasteiger partial charge in [0.15, 0.2) is 0 Å². The monoisotopic (exact) mass is 169 g/mol. The van der Waals surface area contributed by atoms with E-state index < -0.39 is 0 Å². The number of ether oxygens (including phenoxy) is 1. The summed E-state index contributed by atoms with van der Waals surface area (Å²) in [6, 6.07) is 0.591. The smallest absolute Gasteiger partial charge is 0.323 e. The van der Waals surface area contributed by atoms with E-state index in [1.165, 1.54) is 19.3 Å². The fourth-order valence-corrected chi connectivity index (χ4v) is 2.35. The van der Waals surface area contributed by atoms with Crippen molar-refractivity contribution >= 4 is 5.97 Å². The van der Waals surface area contributed by atoms with Gasteiger partial charge in [-0.3, -0.25) is 4.79 Å². The van der Waals surface area contributed by atoms with Crippen LogP contribution < -0.4 is 5.32 Å². The van der Waals surface area contributed by atoms with Crippen molar-refractivity contribution in [2.45, 2.75) is 38.3 Å². The molecule has 0 aromatic heterocycles. The number of rotatable bonds is 2. The third-order valence-electron chi connectivity index (χ3n) is 2.90. The van der Waals surface area contributed by atoms with Crippen LogP contribution in [0.15, 0.2) is 0 Å². The number of carbonyl (C=O) groups is 1. The number of hydrogen-bond donors (Lipinski definition) is 1. The van der Waals surface area contributed by atoms with Gasteiger partial charge >= 0.3 is 5.97 Å². The van der Waals surface area contributed by atoms with Gasteiger partial charge in [-0.2, -0.15) is 0 Å². The highest BCUT2D eigenvalue weighted by molar-refractivity contribution is 5.76. The van der Waals surface area contributed by atoms with E-state index in [2.05, 4.69) is 5.32 Å². The second-order valence-electron chi connectivity index (χ2n) is 3.67. The van der Waals surface area contributed by atoms with E-state index in [-0.39, 0.29) is 12.0 Å². The molecule has 0 unspecified atom stereocenters. The van der Waals surface area contributed by atoms with E-state index in [9.17, 15) is 4.79 Å². The Morgan fingerprint density at radius 1 is 1.58 bits per heavy atom. The van der Waals surface area contributed by atoms with Crippen LogP contribution in [0.2, 0.25) is 0 Å². The lowest BCUT2D eigenvalue weighted by Gasteiger charge is -2.20. The maximum absolute atomic E-state index is 11.4. The third kappa shape index (κ3) is 1.22. The highest BCUT2D eigenvalue weighted by atomic mass is 16.5.